The summed E-state index contributed by atoms with van der Waals surface area (Å²) in [5, 5.41) is 0. The molecule has 0 N–H and O–H groups in total. The fourth-order valence-electron chi connectivity index (χ4n) is 3.46. The second kappa shape index (κ2) is 7.22. The molecule has 0 saturated carbocycles. The van der Waals surface area contributed by atoms with Gasteiger partial charge < -0.3 is 4.90 Å². The van der Waals surface area contributed by atoms with E-state index in [1.807, 2.05) is 18.3 Å². The van der Waals surface area contributed by atoms with E-state index in [9.17, 15) is 8.42 Å². The van der Waals surface area contributed by atoms with Gasteiger partial charge in [-0.2, -0.15) is 4.31 Å². The van der Waals surface area contributed by atoms with Crippen LogP contribution in [0.3, 0.4) is 0 Å². The van der Waals surface area contributed by atoms with Crippen LogP contribution in [0.1, 0.15) is 13.8 Å². The quantitative estimate of drug-likeness (QED) is 0.738. The van der Waals surface area contributed by atoms with Gasteiger partial charge in [0.1, 0.15) is 5.82 Å². The normalized spacial score (nSPS) is 18.9. The summed E-state index contributed by atoms with van der Waals surface area (Å²) in [6, 6.07) is 11.8. The summed E-state index contributed by atoms with van der Waals surface area (Å²) in [4.78, 5) is 9.80. The van der Waals surface area contributed by atoms with Gasteiger partial charge in [-0.15, -0.1) is 0 Å². The van der Waals surface area contributed by atoms with Gasteiger partial charge in [-0.3, -0.25) is 4.90 Å². The van der Waals surface area contributed by atoms with E-state index >= 15 is 0 Å². The van der Waals surface area contributed by atoms with Crippen LogP contribution >= 0.6 is 0 Å². The van der Waals surface area contributed by atoms with Gasteiger partial charge in [-0.1, -0.05) is 12.1 Å². The van der Waals surface area contributed by atoms with Crippen LogP contribution in [-0.4, -0.2) is 67.9 Å². The zero-order valence-electron chi connectivity index (χ0n) is 15.9. The lowest BCUT2D eigenvalue weighted by atomic mass is 10.1. The summed E-state index contributed by atoms with van der Waals surface area (Å²) in [5.74, 6) is 1.00. The first-order chi connectivity index (χ1) is 12.9. The van der Waals surface area contributed by atoms with E-state index in [2.05, 4.69) is 40.8 Å². The Morgan fingerprint density at radius 1 is 0.852 bits per heavy atom. The second-order valence-corrected chi connectivity index (χ2v) is 9.39. The number of pyridine rings is 1. The lowest BCUT2D eigenvalue weighted by molar-refractivity contribution is 0.209. The number of anilines is 1. The van der Waals surface area contributed by atoms with Crippen molar-refractivity contribution in [1.82, 2.24) is 14.2 Å². The highest BCUT2D eigenvalue weighted by Gasteiger charge is 2.33. The first-order valence-electron chi connectivity index (χ1n) is 9.51. The minimum Gasteiger partial charge on any atom is -0.354 e. The molecule has 1 aromatic carbocycles. The minimum absolute atomic E-state index is 0.358. The minimum atomic E-state index is -3.29. The highest BCUT2D eigenvalue weighted by Crippen LogP contribution is 2.26. The van der Waals surface area contributed by atoms with Crippen molar-refractivity contribution in [3.63, 3.8) is 0 Å². The first-order valence-corrected chi connectivity index (χ1v) is 10.9. The summed E-state index contributed by atoms with van der Waals surface area (Å²) < 4.78 is 25.9. The maximum atomic E-state index is 12.2. The molecule has 0 spiro atoms. The molecule has 1 aromatic heterocycles. The van der Waals surface area contributed by atoms with Gasteiger partial charge in [0.2, 0.25) is 10.0 Å². The molecule has 0 aliphatic carbocycles. The average molecular weight is 387 g/mol. The van der Waals surface area contributed by atoms with E-state index in [-0.39, 0.29) is 0 Å². The largest absolute Gasteiger partial charge is 0.354 e. The highest BCUT2D eigenvalue weighted by molar-refractivity contribution is 7.89. The van der Waals surface area contributed by atoms with Crippen LogP contribution in [0, 0.1) is 0 Å². The van der Waals surface area contributed by atoms with Crippen molar-refractivity contribution in [2.45, 2.75) is 24.8 Å². The zero-order valence-corrected chi connectivity index (χ0v) is 16.7. The maximum Gasteiger partial charge on any atom is 0.243 e. The molecular weight excluding hydrogens is 360 g/mol. The van der Waals surface area contributed by atoms with Gasteiger partial charge in [0.15, 0.2) is 0 Å². The molecule has 0 atom stereocenters. The van der Waals surface area contributed by atoms with Gasteiger partial charge in [0, 0.05) is 57.1 Å². The average Bonchev–Trinajstić information content (AvgIpc) is 3.54. The summed E-state index contributed by atoms with van der Waals surface area (Å²) in [5.41, 5.74) is 1.97. The molecule has 0 amide bonds. The predicted octanol–water partition coefficient (Wildman–Crippen LogP) is 2.28. The van der Waals surface area contributed by atoms with Crippen LogP contribution in [0.15, 0.2) is 47.5 Å². The zero-order chi connectivity index (χ0) is 19.0. The number of sulfonamides is 1. The van der Waals surface area contributed by atoms with Crippen molar-refractivity contribution >= 4 is 15.8 Å². The Hall–Kier alpha value is -1.96. The number of nitrogens with zero attached hydrogens (tertiary/aromatic N) is 4. The van der Waals surface area contributed by atoms with Crippen molar-refractivity contribution in [3.8, 4) is 11.1 Å². The monoisotopic (exact) mass is 386 g/mol. The van der Waals surface area contributed by atoms with Gasteiger partial charge in [0.05, 0.1) is 4.90 Å². The fraction of sp³-hybridized carbons (Fsp3) is 0.450. The van der Waals surface area contributed by atoms with Crippen molar-refractivity contribution in [2.75, 3.05) is 44.2 Å². The summed E-state index contributed by atoms with van der Waals surface area (Å²) in [6.45, 7) is 9.84. The van der Waals surface area contributed by atoms with Crippen molar-refractivity contribution < 1.29 is 8.42 Å². The van der Waals surface area contributed by atoms with E-state index in [1.54, 1.807) is 12.1 Å². The van der Waals surface area contributed by atoms with E-state index in [0.29, 0.717) is 24.0 Å². The molecule has 0 unspecified atom stereocenters. The Bertz CT molecular complexity index is 883. The van der Waals surface area contributed by atoms with Gasteiger partial charge in [-0.25, -0.2) is 13.4 Å². The molecule has 2 aromatic rings. The second-order valence-electron chi connectivity index (χ2n) is 7.45. The molecule has 2 aliphatic rings. The van der Waals surface area contributed by atoms with E-state index in [0.717, 1.165) is 43.1 Å². The molecule has 2 aliphatic heterocycles. The topological polar surface area (TPSA) is 56.5 Å². The summed E-state index contributed by atoms with van der Waals surface area (Å²) >= 11 is 0. The van der Waals surface area contributed by atoms with E-state index in [1.165, 1.54) is 4.31 Å². The van der Waals surface area contributed by atoms with Crippen LogP contribution in [0.4, 0.5) is 5.82 Å². The Morgan fingerprint density at radius 2 is 1.48 bits per heavy atom. The molecule has 2 fully saturated rings. The molecule has 27 heavy (non-hydrogen) atoms. The third-order valence-corrected chi connectivity index (χ3v) is 7.26. The number of rotatable bonds is 5. The van der Waals surface area contributed by atoms with Gasteiger partial charge >= 0.3 is 0 Å². The first kappa shape index (κ1) is 18.4. The Labute approximate surface area is 161 Å². The standard InChI is InChI=1S/C20H26N4O2S/c1-16(2)22-9-11-23(12-10-22)20-8-5-18(15-21-20)17-3-6-19(7-4-17)27(25,26)24-13-14-24/h3-8,15-16H,9-14H2,1-2H3. The molecule has 3 heterocycles. The fourth-order valence-corrected chi connectivity index (χ4v) is 4.80. The van der Waals surface area contributed by atoms with Crippen LogP contribution in [-0.2, 0) is 10.0 Å². The Morgan fingerprint density at radius 3 is 2.00 bits per heavy atom. The van der Waals surface area contributed by atoms with Crippen LogP contribution in [0.2, 0.25) is 0 Å². The number of hydrogen-bond donors (Lipinski definition) is 0. The lowest BCUT2D eigenvalue weighted by Gasteiger charge is -2.37. The highest BCUT2D eigenvalue weighted by atomic mass is 32.2. The van der Waals surface area contributed by atoms with Crippen molar-refractivity contribution in [3.05, 3.63) is 42.6 Å². The summed E-state index contributed by atoms with van der Waals surface area (Å²) in [6.07, 6.45) is 1.87. The Balaban J connectivity index is 1.45. The van der Waals surface area contributed by atoms with Crippen LogP contribution < -0.4 is 4.90 Å². The molecule has 7 heteroatoms. The molecule has 0 bridgehead atoms. The van der Waals surface area contributed by atoms with Gasteiger partial charge in [-0.05, 0) is 43.7 Å². The predicted molar refractivity (Wildman–Crippen MR) is 107 cm³/mol. The molecule has 2 saturated heterocycles. The van der Waals surface area contributed by atoms with Gasteiger partial charge in [0.25, 0.3) is 0 Å². The lowest BCUT2D eigenvalue weighted by Crippen LogP contribution is -2.49. The Kier molecular flexibility index (Phi) is 4.92. The number of piperazine rings is 1. The van der Waals surface area contributed by atoms with E-state index < -0.39 is 10.0 Å². The summed E-state index contributed by atoms with van der Waals surface area (Å²) in [7, 11) is -3.29. The molecule has 0 radical (unpaired) electrons. The molecule has 6 nitrogen and oxygen atoms in total. The maximum absolute atomic E-state index is 12.2. The number of benzene rings is 1. The molecule has 4 rings (SSSR count). The smallest absolute Gasteiger partial charge is 0.243 e. The van der Waals surface area contributed by atoms with E-state index in [4.69, 9.17) is 0 Å². The van der Waals surface area contributed by atoms with Crippen molar-refractivity contribution in [1.29, 1.82) is 0 Å². The number of aromatic nitrogens is 1. The van der Waals surface area contributed by atoms with Crippen LogP contribution in [0.5, 0.6) is 0 Å². The van der Waals surface area contributed by atoms with Crippen molar-refractivity contribution in [2.24, 2.45) is 0 Å². The molecular formula is C20H26N4O2S. The third-order valence-electron chi connectivity index (χ3n) is 5.35. The molecule has 144 valence electrons. The SMILES string of the molecule is CC(C)N1CCN(c2ccc(-c3ccc(S(=O)(=O)N4CC4)cc3)cn2)CC1. The number of hydrogen-bond acceptors (Lipinski definition) is 5. The third kappa shape index (κ3) is 3.85. The van der Waals surface area contributed by atoms with Crippen LogP contribution in [0.25, 0.3) is 11.1 Å².